The van der Waals surface area contributed by atoms with Crippen LogP contribution in [0.1, 0.15) is 51.4 Å². The summed E-state index contributed by atoms with van der Waals surface area (Å²) in [5, 5.41) is 0.129. The van der Waals surface area contributed by atoms with Gasteiger partial charge in [-0.05, 0) is 64.0 Å². The zero-order valence-electron chi connectivity index (χ0n) is 9.45. The van der Waals surface area contributed by atoms with Crippen molar-refractivity contribution < 1.29 is 9.28 Å². The van der Waals surface area contributed by atoms with E-state index in [0.29, 0.717) is 10.5 Å². The molecule has 2 aliphatic rings. The van der Waals surface area contributed by atoms with Crippen LogP contribution >= 0.6 is 12.6 Å². The van der Waals surface area contributed by atoms with Crippen molar-refractivity contribution in [2.45, 2.75) is 57.4 Å². The Morgan fingerprint density at radius 2 is 1.47 bits per heavy atom. The minimum atomic E-state index is 0.129. The van der Waals surface area contributed by atoms with Crippen LogP contribution in [0, 0.1) is 0 Å². The predicted octanol–water partition coefficient (Wildman–Crippen LogP) is 3.37. The van der Waals surface area contributed by atoms with Gasteiger partial charge in [0.1, 0.15) is 0 Å². The highest BCUT2D eigenvalue weighted by Crippen LogP contribution is 2.34. The predicted molar refractivity (Wildman–Crippen MR) is 65.1 cm³/mol. The Morgan fingerprint density at radius 3 is 1.93 bits per heavy atom. The van der Waals surface area contributed by atoms with Gasteiger partial charge in [-0.1, -0.05) is 0 Å². The van der Waals surface area contributed by atoms with Gasteiger partial charge in [0, 0.05) is 0 Å². The third-order valence-corrected chi connectivity index (χ3v) is 4.67. The van der Waals surface area contributed by atoms with Crippen molar-refractivity contribution in [1.29, 1.82) is 0 Å². The number of nitrogens with zero attached hydrogens (tertiary/aromatic N) is 1. The molecule has 0 spiro atoms. The topological polar surface area (TPSA) is 17.1 Å². The van der Waals surface area contributed by atoms with E-state index in [4.69, 9.17) is 0 Å². The quantitative estimate of drug-likeness (QED) is 0.538. The molecule has 0 atom stereocenters. The minimum absolute atomic E-state index is 0.129. The molecule has 0 aromatic heterocycles. The fraction of sp³-hybridized carbons (Fsp3) is 0.917. The van der Waals surface area contributed by atoms with Gasteiger partial charge in [-0.3, -0.25) is 0 Å². The highest BCUT2D eigenvalue weighted by molar-refractivity contribution is 7.96. The molecule has 86 valence electrons. The summed E-state index contributed by atoms with van der Waals surface area (Å²) in [4.78, 5) is 11.9. The fourth-order valence-corrected chi connectivity index (χ4v) is 3.73. The summed E-state index contributed by atoms with van der Waals surface area (Å²) in [6.45, 7) is 2.10. The second-order valence-corrected chi connectivity index (χ2v) is 5.50. The molecule has 1 amide bonds. The average molecular weight is 228 g/mol. The number of hydrogen-bond acceptors (Lipinski definition) is 1. The van der Waals surface area contributed by atoms with Crippen molar-refractivity contribution in [2.24, 2.45) is 0 Å². The molecule has 0 radical (unpaired) electrons. The first-order valence-electron chi connectivity index (χ1n) is 6.36. The van der Waals surface area contributed by atoms with Crippen LogP contribution in [0.25, 0.3) is 0 Å². The van der Waals surface area contributed by atoms with E-state index < -0.39 is 0 Å². The highest BCUT2D eigenvalue weighted by atomic mass is 32.1. The molecule has 2 fully saturated rings. The van der Waals surface area contributed by atoms with Gasteiger partial charge in [-0.15, -0.1) is 0 Å². The Hall–Kier alpha value is -0.0200. The summed E-state index contributed by atoms with van der Waals surface area (Å²) in [6.07, 6.45) is 10.1. The summed E-state index contributed by atoms with van der Waals surface area (Å²) < 4.78 is 0.698. The Bertz CT molecular complexity index is 228. The van der Waals surface area contributed by atoms with Gasteiger partial charge in [0.2, 0.25) is 0 Å². The molecule has 0 aromatic rings. The molecule has 1 heterocycles. The van der Waals surface area contributed by atoms with Crippen molar-refractivity contribution in [3.8, 4) is 0 Å². The molecular formula is C12H22NOS+. The average Bonchev–Trinajstić information content (AvgIpc) is 2.63. The van der Waals surface area contributed by atoms with Crippen molar-refractivity contribution >= 4 is 17.9 Å². The number of carbonyl (C=O) groups excluding carboxylic acids is 1. The molecule has 1 saturated carbocycles. The van der Waals surface area contributed by atoms with Gasteiger partial charge in [-0.25, -0.2) is 9.28 Å². The molecule has 3 heteroatoms. The van der Waals surface area contributed by atoms with Crippen LogP contribution in [0.15, 0.2) is 0 Å². The van der Waals surface area contributed by atoms with E-state index in [9.17, 15) is 4.79 Å². The zero-order valence-corrected chi connectivity index (χ0v) is 10.3. The summed E-state index contributed by atoms with van der Waals surface area (Å²) in [5.41, 5.74) is 0. The number of hydrogen-bond donors (Lipinski definition) is 1. The molecule has 1 aliphatic heterocycles. The maximum atomic E-state index is 11.9. The number of carbonyl (C=O) groups is 1. The van der Waals surface area contributed by atoms with Crippen LogP contribution in [0.5, 0.6) is 0 Å². The van der Waals surface area contributed by atoms with E-state index in [1.165, 1.54) is 51.4 Å². The number of amides is 1. The van der Waals surface area contributed by atoms with Crippen LogP contribution in [-0.2, 0) is 0 Å². The molecule has 0 aromatic carbocycles. The van der Waals surface area contributed by atoms with Gasteiger partial charge in [0.05, 0.1) is 19.1 Å². The Balaban J connectivity index is 2.16. The van der Waals surface area contributed by atoms with Gasteiger partial charge in [-0.2, -0.15) is 0 Å². The second-order valence-electron chi connectivity index (χ2n) is 5.12. The normalized spacial score (nSPS) is 27.5. The molecule has 0 unspecified atom stereocenters. The maximum Gasteiger partial charge on any atom is 0.372 e. The number of quaternary nitrogens is 1. The van der Waals surface area contributed by atoms with Gasteiger partial charge in [0.15, 0.2) is 0 Å². The summed E-state index contributed by atoms with van der Waals surface area (Å²) in [6, 6.07) is 0.591. The highest BCUT2D eigenvalue weighted by Gasteiger charge is 2.43. The fourth-order valence-electron chi connectivity index (χ4n) is 3.36. The standard InChI is InChI=1S/C12H21NOS/c14-12(15)13(11-7-3-4-8-11)9-5-1-2-6-10-13/h11H,1-10H2/p+1. The van der Waals surface area contributed by atoms with E-state index in [0.717, 1.165) is 13.1 Å². The van der Waals surface area contributed by atoms with E-state index in [1.54, 1.807) is 0 Å². The van der Waals surface area contributed by atoms with Crippen molar-refractivity contribution in [1.82, 2.24) is 0 Å². The monoisotopic (exact) mass is 228 g/mol. The van der Waals surface area contributed by atoms with Gasteiger partial charge < -0.3 is 0 Å². The smallest absolute Gasteiger partial charge is 0.248 e. The number of likely N-dealkylation sites (tertiary alicyclic amines) is 1. The van der Waals surface area contributed by atoms with Crippen LogP contribution in [0.4, 0.5) is 4.79 Å². The Kier molecular flexibility index (Phi) is 3.73. The summed E-state index contributed by atoms with van der Waals surface area (Å²) >= 11 is 4.18. The maximum absolute atomic E-state index is 11.9. The number of rotatable bonds is 1. The molecule has 0 bridgehead atoms. The van der Waals surface area contributed by atoms with Gasteiger partial charge >= 0.3 is 5.24 Å². The largest absolute Gasteiger partial charge is 0.372 e. The first-order valence-corrected chi connectivity index (χ1v) is 6.81. The first-order chi connectivity index (χ1) is 7.26. The van der Waals surface area contributed by atoms with E-state index in [2.05, 4.69) is 12.6 Å². The van der Waals surface area contributed by atoms with E-state index >= 15 is 0 Å². The lowest BCUT2D eigenvalue weighted by Crippen LogP contribution is -2.56. The first kappa shape index (κ1) is 11.5. The molecule has 1 aliphatic carbocycles. The Labute approximate surface area is 98.0 Å². The van der Waals surface area contributed by atoms with Crippen LogP contribution < -0.4 is 0 Å². The third kappa shape index (κ3) is 2.23. The molecule has 15 heavy (non-hydrogen) atoms. The van der Waals surface area contributed by atoms with Crippen LogP contribution in [0.2, 0.25) is 0 Å². The van der Waals surface area contributed by atoms with Gasteiger partial charge in [0.25, 0.3) is 0 Å². The molecular weight excluding hydrogens is 206 g/mol. The van der Waals surface area contributed by atoms with Crippen molar-refractivity contribution in [3.05, 3.63) is 0 Å². The lowest BCUT2D eigenvalue weighted by atomic mass is 10.1. The minimum Gasteiger partial charge on any atom is -0.248 e. The SMILES string of the molecule is O=C(S)[N+]1(C2CCCC2)CCCCCC1. The van der Waals surface area contributed by atoms with Crippen LogP contribution in [-0.4, -0.2) is 28.9 Å². The van der Waals surface area contributed by atoms with E-state index in [-0.39, 0.29) is 5.24 Å². The zero-order chi connectivity index (χ0) is 10.7. The lowest BCUT2D eigenvalue weighted by Gasteiger charge is -2.38. The molecule has 1 saturated heterocycles. The lowest BCUT2D eigenvalue weighted by molar-refractivity contribution is -0.868. The van der Waals surface area contributed by atoms with Crippen molar-refractivity contribution in [2.75, 3.05) is 13.1 Å². The third-order valence-electron chi connectivity index (χ3n) is 4.27. The molecule has 0 N–H and O–H groups in total. The molecule has 2 rings (SSSR count). The Morgan fingerprint density at radius 1 is 0.933 bits per heavy atom. The number of thiol groups is 1. The van der Waals surface area contributed by atoms with E-state index in [1.807, 2.05) is 0 Å². The second kappa shape index (κ2) is 4.88. The summed E-state index contributed by atoms with van der Waals surface area (Å²) in [5.74, 6) is 0. The van der Waals surface area contributed by atoms with Crippen molar-refractivity contribution in [3.63, 3.8) is 0 Å². The van der Waals surface area contributed by atoms with Crippen LogP contribution in [0.3, 0.4) is 0 Å². The summed E-state index contributed by atoms with van der Waals surface area (Å²) in [7, 11) is 0. The molecule has 2 nitrogen and oxygen atoms in total.